The monoisotopic (exact) mass is 362 g/mol. The molecule has 1 unspecified atom stereocenters. The lowest BCUT2D eigenvalue weighted by Crippen LogP contribution is -2.53. The number of carbonyl (C=O) groups excluding carboxylic acids is 2. The minimum absolute atomic E-state index is 0.0516. The highest BCUT2D eigenvalue weighted by molar-refractivity contribution is 5.92. The molecule has 1 saturated heterocycles. The van der Waals surface area contributed by atoms with Crippen molar-refractivity contribution in [3.8, 4) is 0 Å². The number of fused-ring (bicyclic) bond motifs is 3. The maximum absolute atomic E-state index is 12.3. The third-order valence-electron chi connectivity index (χ3n) is 6.16. The minimum Gasteiger partial charge on any atom is -0.458 e. The van der Waals surface area contributed by atoms with Gasteiger partial charge in [0, 0.05) is 11.0 Å². The number of aliphatic hydroxyl groups excluding tert-OH is 2. The van der Waals surface area contributed by atoms with E-state index >= 15 is 0 Å². The fourth-order valence-electron chi connectivity index (χ4n) is 4.57. The number of ether oxygens (including phenoxy) is 2. The Bertz CT molecular complexity index is 718. The van der Waals surface area contributed by atoms with E-state index in [9.17, 15) is 19.8 Å². The summed E-state index contributed by atoms with van der Waals surface area (Å²) in [5, 5.41) is 20.3. The molecule has 6 nitrogen and oxygen atoms in total. The zero-order valence-corrected chi connectivity index (χ0v) is 15.4. The van der Waals surface area contributed by atoms with Crippen LogP contribution >= 0.6 is 0 Å². The van der Waals surface area contributed by atoms with Gasteiger partial charge in [0.2, 0.25) is 0 Å². The van der Waals surface area contributed by atoms with E-state index in [1.165, 1.54) is 6.92 Å². The summed E-state index contributed by atoms with van der Waals surface area (Å²) in [6, 6.07) is 0. The van der Waals surface area contributed by atoms with Crippen LogP contribution in [0.2, 0.25) is 0 Å². The largest absolute Gasteiger partial charge is 0.458 e. The Hall–Kier alpha value is -1.92. The van der Waals surface area contributed by atoms with Crippen molar-refractivity contribution >= 4 is 11.9 Å². The van der Waals surface area contributed by atoms with Gasteiger partial charge in [0.25, 0.3) is 0 Å². The predicted molar refractivity (Wildman–Crippen MR) is 93.9 cm³/mol. The minimum atomic E-state index is -1.03. The molecule has 0 radical (unpaired) electrons. The molecule has 142 valence electrons. The molecular weight excluding hydrogens is 336 g/mol. The fraction of sp³-hybridized carbons (Fsp3) is 0.600. The number of esters is 2. The van der Waals surface area contributed by atoms with E-state index in [-0.39, 0.29) is 11.1 Å². The van der Waals surface area contributed by atoms with Crippen molar-refractivity contribution in [2.75, 3.05) is 0 Å². The molecule has 2 N–H and O–H groups in total. The molecule has 6 heteroatoms. The molecule has 6 atom stereocenters. The zero-order valence-electron chi connectivity index (χ0n) is 15.4. The number of rotatable bonds is 3. The number of allylic oxidation sites excluding steroid dienone is 1. The van der Waals surface area contributed by atoms with Crippen LogP contribution in [0.5, 0.6) is 0 Å². The highest BCUT2D eigenvalue weighted by Gasteiger charge is 2.59. The lowest BCUT2D eigenvalue weighted by Gasteiger charge is -2.50. The van der Waals surface area contributed by atoms with Crippen LogP contribution < -0.4 is 0 Å². The highest BCUT2D eigenvalue weighted by atomic mass is 16.6. The molecule has 1 heterocycles. The molecule has 0 aromatic carbocycles. The van der Waals surface area contributed by atoms with E-state index in [1.54, 1.807) is 0 Å². The van der Waals surface area contributed by atoms with E-state index in [0.717, 1.165) is 17.6 Å². The molecule has 0 spiro atoms. The van der Waals surface area contributed by atoms with Crippen LogP contribution in [0, 0.1) is 11.3 Å². The third-order valence-corrected chi connectivity index (χ3v) is 6.16. The van der Waals surface area contributed by atoms with Gasteiger partial charge in [0.15, 0.2) is 0 Å². The summed E-state index contributed by atoms with van der Waals surface area (Å²) in [5.74, 6) is -1.70. The maximum Gasteiger partial charge on any atom is 0.336 e. The summed E-state index contributed by atoms with van der Waals surface area (Å²) >= 11 is 0. The van der Waals surface area contributed by atoms with E-state index in [0.29, 0.717) is 12.8 Å². The van der Waals surface area contributed by atoms with Crippen molar-refractivity contribution in [2.24, 2.45) is 11.3 Å². The first-order chi connectivity index (χ1) is 12.1. The molecule has 2 aliphatic carbocycles. The van der Waals surface area contributed by atoms with Gasteiger partial charge in [-0.25, -0.2) is 9.59 Å². The van der Waals surface area contributed by atoms with Gasteiger partial charge in [0.1, 0.15) is 12.2 Å². The molecular formula is C20H26O6. The van der Waals surface area contributed by atoms with Crippen LogP contribution in [0.3, 0.4) is 0 Å². The maximum atomic E-state index is 12.3. The summed E-state index contributed by atoms with van der Waals surface area (Å²) in [7, 11) is 0. The van der Waals surface area contributed by atoms with E-state index in [2.05, 4.69) is 13.2 Å². The molecule has 0 amide bonds. The Kier molecular flexibility index (Phi) is 4.61. The van der Waals surface area contributed by atoms with Crippen LogP contribution in [0.25, 0.3) is 0 Å². The van der Waals surface area contributed by atoms with Gasteiger partial charge >= 0.3 is 11.9 Å². The Morgan fingerprint density at radius 3 is 2.73 bits per heavy atom. The van der Waals surface area contributed by atoms with Crippen LogP contribution in [-0.2, 0) is 19.1 Å². The van der Waals surface area contributed by atoms with Crippen molar-refractivity contribution in [1.29, 1.82) is 0 Å². The Morgan fingerprint density at radius 1 is 1.46 bits per heavy atom. The van der Waals surface area contributed by atoms with Gasteiger partial charge in [-0.15, -0.1) is 0 Å². The topological polar surface area (TPSA) is 93.1 Å². The lowest BCUT2D eigenvalue weighted by molar-refractivity contribution is -0.156. The van der Waals surface area contributed by atoms with Gasteiger partial charge in [-0.1, -0.05) is 25.7 Å². The molecule has 3 rings (SSSR count). The molecule has 1 aliphatic heterocycles. The second-order valence-corrected chi connectivity index (χ2v) is 7.89. The average Bonchev–Trinajstić information content (AvgIpc) is 2.85. The smallest absolute Gasteiger partial charge is 0.336 e. The first-order valence-corrected chi connectivity index (χ1v) is 8.93. The molecule has 1 saturated carbocycles. The zero-order chi connectivity index (χ0) is 19.4. The second-order valence-electron chi connectivity index (χ2n) is 7.89. The first-order valence-electron chi connectivity index (χ1n) is 8.93. The van der Waals surface area contributed by atoms with Gasteiger partial charge in [-0.2, -0.15) is 0 Å². The molecule has 3 aliphatic rings. The van der Waals surface area contributed by atoms with Crippen molar-refractivity contribution in [3.63, 3.8) is 0 Å². The molecule has 26 heavy (non-hydrogen) atoms. The van der Waals surface area contributed by atoms with Gasteiger partial charge < -0.3 is 19.7 Å². The fourth-order valence-corrected chi connectivity index (χ4v) is 4.57. The van der Waals surface area contributed by atoms with Crippen molar-refractivity contribution in [2.45, 2.75) is 64.4 Å². The van der Waals surface area contributed by atoms with Crippen LogP contribution in [0.1, 0.15) is 40.0 Å². The van der Waals surface area contributed by atoms with Crippen LogP contribution in [0.15, 0.2) is 35.5 Å². The second kappa shape index (κ2) is 6.35. The average molecular weight is 362 g/mol. The van der Waals surface area contributed by atoms with Crippen molar-refractivity contribution in [1.82, 2.24) is 0 Å². The van der Waals surface area contributed by atoms with E-state index in [1.807, 2.05) is 13.8 Å². The van der Waals surface area contributed by atoms with Crippen LogP contribution in [0.4, 0.5) is 0 Å². The molecule has 0 aromatic rings. The number of aliphatic hydroxyl groups is 2. The van der Waals surface area contributed by atoms with E-state index < -0.39 is 47.7 Å². The van der Waals surface area contributed by atoms with Crippen LogP contribution in [-0.4, -0.2) is 46.6 Å². The van der Waals surface area contributed by atoms with E-state index in [4.69, 9.17) is 9.47 Å². The summed E-state index contributed by atoms with van der Waals surface area (Å²) in [5.41, 5.74) is 1.61. The first kappa shape index (κ1) is 18.9. The Morgan fingerprint density at radius 2 is 2.12 bits per heavy atom. The molecule has 0 aromatic heterocycles. The summed E-state index contributed by atoms with van der Waals surface area (Å²) in [6.07, 6.45) is -1.20. The standard InChI is InChI=1S/C20H26O6/c1-9-6-7-14(22)20(5)8-13(25-18(23)10(2)12(4)21)15-11(3)19(24)26-17(15)16(9)20/h12-15,17,21-22H,2-3,6-8H2,1,4-5H3/t12?,13-,14-,15-,17+,20+/m1/s1. The number of carbonyl (C=O) groups is 2. The summed E-state index contributed by atoms with van der Waals surface area (Å²) in [4.78, 5) is 24.5. The molecule has 0 bridgehead atoms. The number of hydrogen-bond donors (Lipinski definition) is 2. The molecule has 2 fully saturated rings. The van der Waals surface area contributed by atoms with Crippen molar-refractivity contribution in [3.05, 3.63) is 35.5 Å². The Balaban J connectivity index is 2.00. The van der Waals surface area contributed by atoms with Gasteiger partial charge in [-0.3, -0.25) is 0 Å². The summed E-state index contributed by atoms with van der Waals surface area (Å²) in [6.45, 7) is 12.7. The van der Waals surface area contributed by atoms with Gasteiger partial charge in [0.05, 0.1) is 23.7 Å². The highest BCUT2D eigenvalue weighted by Crippen LogP contribution is 2.56. The Labute approximate surface area is 153 Å². The third kappa shape index (κ3) is 2.72. The lowest BCUT2D eigenvalue weighted by atomic mass is 9.58. The quantitative estimate of drug-likeness (QED) is 0.452. The summed E-state index contributed by atoms with van der Waals surface area (Å²) < 4.78 is 11.2. The predicted octanol–water partition coefficient (Wildman–Crippen LogP) is 1.81. The SMILES string of the molecule is C=C(C(=O)O[C@@H]1C[C@]2(C)C(=C(C)CC[C@H]2O)[C@H]2OC(=O)C(=C)[C@@H]21)C(C)O. The van der Waals surface area contributed by atoms with Gasteiger partial charge in [-0.05, 0) is 38.7 Å². The number of hydrogen-bond acceptors (Lipinski definition) is 6. The van der Waals surface area contributed by atoms with Crippen molar-refractivity contribution < 1.29 is 29.3 Å². The normalized spacial score (nSPS) is 37.6.